The van der Waals surface area contributed by atoms with Gasteiger partial charge in [-0.15, -0.1) is 0 Å². The number of pyridine rings is 1. The van der Waals surface area contributed by atoms with Crippen molar-refractivity contribution in [1.82, 2.24) is 4.98 Å². The molecule has 4 heteroatoms. The molecule has 0 bridgehead atoms. The Labute approximate surface area is 116 Å². The standard InChI is InChI=1S/C16H14N2O2/c17-13-5-7-16(18-9-13)20-15-3-1-2-12-8-11(10-19)4-6-14(12)15/h1-9,19H,10,17H2. The normalized spacial score (nSPS) is 10.7. The summed E-state index contributed by atoms with van der Waals surface area (Å²) in [5, 5.41) is 11.2. The molecule has 3 rings (SSSR count). The van der Waals surface area contributed by atoms with E-state index in [9.17, 15) is 5.11 Å². The van der Waals surface area contributed by atoms with Crippen molar-refractivity contribution in [2.45, 2.75) is 6.61 Å². The van der Waals surface area contributed by atoms with Gasteiger partial charge < -0.3 is 15.6 Å². The number of benzene rings is 2. The van der Waals surface area contributed by atoms with Crippen molar-refractivity contribution in [2.24, 2.45) is 0 Å². The zero-order chi connectivity index (χ0) is 13.9. The molecule has 0 saturated heterocycles. The zero-order valence-corrected chi connectivity index (χ0v) is 10.8. The molecule has 0 radical (unpaired) electrons. The number of ether oxygens (including phenoxy) is 1. The first-order valence-electron chi connectivity index (χ1n) is 6.28. The molecular weight excluding hydrogens is 252 g/mol. The lowest BCUT2D eigenvalue weighted by Crippen LogP contribution is -1.91. The van der Waals surface area contributed by atoms with E-state index >= 15 is 0 Å². The largest absolute Gasteiger partial charge is 0.438 e. The first kappa shape index (κ1) is 12.4. The van der Waals surface area contributed by atoms with Crippen LogP contribution in [0.3, 0.4) is 0 Å². The maximum Gasteiger partial charge on any atom is 0.219 e. The van der Waals surface area contributed by atoms with Crippen molar-refractivity contribution in [3.05, 3.63) is 60.3 Å². The maximum atomic E-state index is 9.17. The number of fused-ring (bicyclic) bond motifs is 1. The molecule has 1 aromatic heterocycles. The molecule has 1 heterocycles. The minimum Gasteiger partial charge on any atom is -0.438 e. The molecule has 0 spiro atoms. The summed E-state index contributed by atoms with van der Waals surface area (Å²) < 4.78 is 5.79. The van der Waals surface area contributed by atoms with Crippen LogP contribution in [0.4, 0.5) is 5.69 Å². The van der Waals surface area contributed by atoms with E-state index in [0.29, 0.717) is 11.6 Å². The average molecular weight is 266 g/mol. The highest BCUT2D eigenvalue weighted by atomic mass is 16.5. The van der Waals surface area contributed by atoms with E-state index in [1.165, 1.54) is 0 Å². The summed E-state index contributed by atoms with van der Waals surface area (Å²) in [5.74, 6) is 1.22. The minimum absolute atomic E-state index is 0.0283. The Morgan fingerprint density at radius 1 is 1.10 bits per heavy atom. The summed E-state index contributed by atoms with van der Waals surface area (Å²) in [6.45, 7) is 0.0283. The van der Waals surface area contributed by atoms with Crippen molar-refractivity contribution in [2.75, 3.05) is 5.73 Å². The molecule has 4 nitrogen and oxygen atoms in total. The third-order valence-corrected chi connectivity index (χ3v) is 3.06. The first-order chi connectivity index (χ1) is 9.76. The van der Waals surface area contributed by atoms with Gasteiger partial charge in [0.15, 0.2) is 0 Å². The Balaban J connectivity index is 2.01. The van der Waals surface area contributed by atoms with E-state index in [1.807, 2.05) is 36.4 Å². The highest BCUT2D eigenvalue weighted by Gasteiger charge is 2.05. The maximum absolute atomic E-state index is 9.17. The fourth-order valence-electron chi connectivity index (χ4n) is 2.06. The van der Waals surface area contributed by atoms with Gasteiger partial charge in [0.1, 0.15) is 5.75 Å². The van der Waals surface area contributed by atoms with E-state index in [2.05, 4.69) is 4.98 Å². The second kappa shape index (κ2) is 5.19. The van der Waals surface area contributed by atoms with E-state index in [1.54, 1.807) is 18.3 Å². The van der Waals surface area contributed by atoms with E-state index in [4.69, 9.17) is 10.5 Å². The molecule has 3 N–H and O–H groups in total. The van der Waals surface area contributed by atoms with Crippen LogP contribution < -0.4 is 10.5 Å². The van der Waals surface area contributed by atoms with Gasteiger partial charge >= 0.3 is 0 Å². The van der Waals surface area contributed by atoms with Crippen LogP contribution in [0.2, 0.25) is 0 Å². The summed E-state index contributed by atoms with van der Waals surface area (Å²) in [5.41, 5.74) is 7.08. The number of aromatic nitrogens is 1. The van der Waals surface area contributed by atoms with Crippen LogP contribution in [0.25, 0.3) is 10.8 Å². The van der Waals surface area contributed by atoms with Crippen molar-refractivity contribution in [3.63, 3.8) is 0 Å². The molecule has 0 atom stereocenters. The van der Waals surface area contributed by atoms with Crippen LogP contribution in [0.15, 0.2) is 54.7 Å². The van der Waals surface area contributed by atoms with Crippen LogP contribution in [0, 0.1) is 0 Å². The van der Waals surface area contributed by atoms with Crippen LogP contribution in [-0.2, 0) is 6.61 Å². The summed E-state index contributed by atoms with van der Waals surface area (Å²) in [7, 11) is 0. The van der Waals surface area contributed by atoms with Gasteiger partial charge in [-0.25, -0.2) is 4.98 Å². The number of aliphatic hydroxyl groups is 1. The van der Waals surface area contributed by atoms with Gasteiger partial charge in [0.25, 0.3) is 0 Å². The smallest absolute Gasteiger partial charge is 0.219 e. The number of anilines is 1. The molecule has 0 fully saturated rings. The minimum atomic E-state index is 0.0283. The average Bonchev–Trinajstić information content (AvgIpc) is 2.49. The van der Waals surface area contributed by atoms with E-state index < -0.39 is 0 Å². The zero-order valence-electron chi connectivity index (χ0n) is 10.8. The number of aliphatic hydroxyl groups excluding tert-OH is 1. The Morgan fingerprint density at radius 2 is 2.00 bits per heavy atom. The topological polar surface area (TPSA) is 68.4 Å². The second-order valence-electron chi connectivity index (χ2n) is 4.50. The van der Waals surface area contributed by atoms with Gasteiger partial charge in [0.2, 0.25) is 5.88 Å². The van der Waals surface area contributed by atoms with Gasteiger partial charge in [-0.1, -0.05) is 24.3 Å². The number of hydrogen-bond donors (Lipinski definition) is 2. The molecule has 0 aliphatic heterocycles. The van der Waals surface area contributed by atoms with Crippen molar-refractivity contribution < 1.29 is 9.84 Å². The fourth-order valence-corrected chi connectivity index (χ4v) is 2.06. The van der Waals surface area contributed by atoms with Gasteiger partial charge in [-0.3, -0.25) is 0 Å². The van der Waals surface area contributed by atoms with Crippen molar-refractivity contribution >= 4 is 16.5 Å². The molecule has 0 unspecified atom stereocenters. The third kappa shape index (κ3) is 2.41. The van der Waals surface area contributed by atoms with Crippen molar-refractivity contribution in [3.8, 4) is 11.6 Å². The molecule has 0 aliphatic rings. The van der Waals surface area contributed by atoms with E-state index in [-0.39, 0.29) is 6.61 Å². The quantitative estimate of drug-likeness (QED) is 0.764. The van der Waals surface area contributed by atoms with Gasteiger partial charge in [0.05, 0.1) is 18.5 Å². The lowest BCUT2D eigenvalue weighted by molar-refractivity contribution is 0.282. The molecule has 0 amide bonds. The lowest BCUT2D eigenvalue weighted by atomic mass is 10.1. The molecule has 100 valence electrons. The predicted octanol–water partition coefficient (Wildman–Crippen LogP) is 3.10. The number of nitrogen functional groups attached to an aromatic ring is 1. The van der Waals surface area contributed by atoms with Gasteiger partial charge in [-0.05, 0) is 29.1 Å². The Kier molecular flexibility index (Phi) is 3.23. The molecule has 2 aromatic carbocycles. The summed E-state index contributed by atoms with van der Waals surface area (Å²) in [4.78, 5) is 4.13. The fraction of sp³-hybridized carbons (Fsp3) is 0.0625. The number of nitrogens with two attached hydrogens (primary N) is 1. The molecular formula is C16H14N2O2. The Morgan fingerprint density at radius 3 is 2.75 bits per heavy atom. The molecule has 3 aromatic rings. The molecule has 20 heavy (non-hydrogen) atoms. The molecule has 0 aliphatic carbocycles. The lowest BCUT2D eigenvalue weighted by Gasteiger charge is -2.09. The summed E-state index contributed by atoms with van der Waals surface area (Å²) in [6, 6.07) is 15.0. The first-order valence-corrected chi connectivity index (χ1v) is 6.28. The third-order valence-electron chi connectivity index (χ3n) is 3.06. The highest BCUT2D eigenvalue weighted by molar-refractivity contribution is 5.89. The van der Waals surface area contributed by atoms with Crippen molar-refractivity contribution in [1.29, 1.82) is 0 Å². The van der Waals surface area contributed by atoms with Crippen LogP contribution in [-0.4, -0.2) is 10.1 Å². The summed E-state index contributed by atoms with van der Waals surface area (Å²) in [6.07, 6.45) is 1.56. The predicted molar refractivity (Wildman–Crippen MR) is 78.6 cm³/mol. The SMILES string of the molecule is Nc1ccc(Oc2cccc3cc(CO)ccc23)nc1. The second-order valence-corrected chi connectivity index (χ2v) is 4.50. The molecule has 0 saturated carbocycles. The van der Waals surface area contributed by atoms with E-state index in [0.717, 1.165) is 22.1 Å². The Bertz CT molecular complexity index is 739. The number of rotatable bonds is 3. The van der Waals surface area contributed by atoms with Crippen LogP contribution >= 0.6 is 0 Å². The van der Waals surface area contributed by atoms with Crippen LogP contribution in [0.1, 0.15) is 5.56 Å². The highest BCUT2D eigenvalue weighted by Crippen LogP contribution is 2.29. The summed E-state index contributed by atoms with van der Waals surface area (Å²) >= 11 is 0. The Hall–Kier alpha value is -2.59. The number of nitrogens with zero attached hydrogens (tertiary/aromatic N) is 1. The van der Waals surface area contributed by atoms with Gasteiger partial charge in [-0.2, -0.15) is 0 Å². The van der Waals surface area contributed by atoms with Crippen LogP contribution in [0.5, 0.6) is 11.6 Å². The number of hydrogen-bond acceptors (Lipinski definition) is 4. The van der Waals surface area contributed by atoms with Gasteiger partial charge in [0, 0.05) is 11.5 Å². The monoisotopic (exact) mass is 266 g/mol.